The molecule has 0 aromatic carbocycles. The molecule has 6 nitrogen and oxygen atoms in total. The Labute approximate surface area is 92.2 Å². The van der Waals surface area contributed by atoms with E-state index < -0.39 is 28.3 Å². The predicted octanol–water partition coefficient (Wildman–Crippen LogP) is -0.645. The first-order chi connectivity index (χ1) is 7.49. The fourth-order valence-electron chi connectivity index (χ4n) is 2.77. The van der Waals surface area contributed by atoms with Gasteiger partial charge in [-0.05, 0) is 6.42 Å². The maximum atomic E-state index is 11.8. The Bertz CT molecular complexity index is 493. The molecule has 2 rings (SSSR count). The highest BCUT2D eigenvalue weighted by Crippen LogP contribution is 2.74. The van der Waals surface area contributed by atoms with E-state index in [-0.39, 0.29) is 0 Å². The van der Waals surface area contributed by atoms with Crippen molar-refractivity contribution in [3.63, 3.8) is 0 Å². The van der Waals surface area contributed by atoms with Gasteiger partial charge in [-0.15, -0.1) is 0 Å². The number of rotatable bonds is 1. The van der Waals surface area contributed by atoms with E-state index in [0.29, 0.717) is 6.42 Å². The second kappa shape index (κ2) is 2.52. The van der Waals surface area contributed by atoms with Crippen molar-refractivity contribution in [2.75, 3.05) is 0 Å². The van der Waals surface area contributed by atoms with E-state index in [4.69, 9.17) is 21.5 Å². The molecule has 16 heavy (non-hydrogen) atoms. The van der Waals surface area contributed by atoms with Gasteiger partial charge in [-0.1, -0.05) is 6.92 Å². The van der Waals surface area contributed by atoms with E-state index in [1.165, 1.54) is 0 Å². The Morgan fingerprint density at radius 3 is 2.25 bits per heavy atom. The number of piperidine rings is 1. The van der Waals surface area contributed by atoms with E-state index in [0.717, 1.165) is 0 Å². The quantitative estimate of drug-likeness (QED) is 0.601. The third kappa shape index (κ3) is 0.671. The Balaban J connectivity index is 2.63. The number of fused-ring (bicyclic) bond motifs is 1. The number of carbonyl (C=O) groups is 1. The van der Waals surface area contributed by atoms with Crippen LogP contribution < -0.4 is 11.1 Å². The highest BCUT2D eigenvalue weighted by molar-refractivity contribution is 5.97. The molecule has 2 aliphatic rings. The zero-order valence-corrected chi connectivity index (χ0v) is 8.61. The minimum Gasteiger partial charge on any atom is -0.336 e. The number of nitrogens with zero attached hydrogens (tertiary/aromatic N) is 3. The van der Waals surface area contributed by atoms with Crippen molar-refractivity contribution in [1.29, 1.82) is 15.8 Å². The van der Waals surface area contributed by atoms with Crippen LogP contribution in [0.5, 0.6) is 0 Å². The van der Waals surface area contributed by atoms with Crippen LogP contribution in [0.3, 0.4) is 0 Å². The molecule has 3 N–H and O–H groups in total. The van der Waals surface area contributed by atoms with Gasteiger partial charge in [0.15, 0.2) is 10.8 Å². The Morgan fingerprint density at radius 2 is 1.94 bits per heavy atom. The molecule has 3 atom stereocenters. The zero-order chi connectivity index (χ0) is 12.2. The number of nitrogens with two attached hydrogens (primary N) is 1. The van der Waals surface area contributed by atoms with E-state index in [1.54, 1.807) is 19.1 Å². The molecule has 1 saturated heterocycles. The lowest BCUT2D eigenvalue weighted by molar-refractivity contribution is -0.124. The highest BCUT2D eigenvalue weighted by Gasteiger charge is 2.92. The Morgan fingerprint density at radius 1 is 1.38 bits per heavy atom. The van der Waals surface area contributed by atoms with Crippen LogP contribution in [-0.2, 0) is 4.79 Å². The molecule has 0 radical (unpaired) electrons. The summed E-state index contributed by atoms with van der Waals surface area (Å²) in [4.78, 5) is 11.8. The van der Waals surface area contributed by atoms with Crippen molar-refractivity contribution in [2.24, 2.45) is 22.5 Å². The van der Waals surface area contributed by atoms with Crippen LogP contribution in [0.1, 0.15) is 13.3 Å². The van der Waals surface area contributed by atoms with Gasteiger partial charge in [0.2, 0.25) is 5.91 Å². The molecule has 1 saturated carbocycles. The van der Waals surface area contributed by atoms with Gasteiger partial charge < -0.3 is 11.1 Å². The lowest BCUT2D eigenvalue weighted by Crippen LogP contribution is -2.55. The summed E-state index contributed by atoms with van der Waals surface area (Å²) >= 11 is 0. The molecule has 6 heteroatoms. The first kappa shape index (κ1) is 10.4. The number of amides is 1. The molecule has 0 aromatic rings. The van der Waals surface area contributed by atoms with E-state index in [9.17, 15) is 4.79 Å². The fourth-order valence-corrected chi connectivity index (χ4v) is 2.77. The molecule has 0 bridgehead atoms. The number of carbonyl (C=O) groups excluding carboxylic acids is 1. The summed E-state index contributed by atoms with van der Waals surface area (Å²) in [5, 5.41) is 29.7. The third-order valence-electron chi connectivity index (χ3n) is 3.74. The monoisotopic (exact) mass is 215 g/mol. The van der Waals surface area contributed by atoms with Crippen molar-refractivity contribution >= 4 is 5.91 Å². The molecule has 1 heterocycles. The largest absolute Gasteiger partial charge is 0.336 e. The van der Waals surface area contributed by atoms with Crippen LogP contribution in [0.4, 0.5) is 0 Å². The van der Waals surface area contributed by atoms with Crippen molar-refractivity contribution in [2.45, 2.75) is 19.0 Å². The predicted molar refractivity (Wildman–Crippen MR) is 50.5 cm³/mol. The summed E-state index contributed by atoms with van der Waals surface area (Å²) in [5.74, 6) is -1.35. The maximum absolute atomic E-state index is 11.8. The van der Waals surface area contributed by atoms with Gasteiger partial charge in [0.1, 0.15) is 0 Å². The number of nitrogens with one attached hydrogen (secondary N) is 1. The molecule has 1 amide bonds. The molecule has 0 aromatic heterocycles. The first-order valence-electron chi connectivity index (χ1n) is 4.84. The van der Waals surface area contributed by atoms with Crippen LogP contribution in [0, 0.1) is 50.7 Å². The lowest BCUT2D eigenvalue weighted by atomic mass is 9.93. The number of hydrogen-bond acceptors (Lipinski definition) is 5. The Kier molecular flexibility index (Phi) is 1.64. The molecular formula is C10H9N5O. The highest BCUT2D eigenvalue weighted by atomic mass is 16.2. The summed E-state index contributed by atoms with van der Waals surface area (Å²) in [6.45, 7) is 1.74. The summed E-state index contributed by atoms with van der Waals surface area (Å²) in [6, 6.07) is 5.39. The number of hydrogen-bond donors (Lipinski definition) is 2. The second-order valence-electron chi connectivity index (χ2n) is 4.23. The molecule has 1 aliphatic heterocycles. The van der Waals surface area contributed by atoms with Crippen LogP contribution in [-0.4, -0.2) is 11.6 Å². The van der Waals surface area contributed by atoms with Gasteiger partial charge in [-0.2, -0.15) is 15.8 Å². The molecule has 2 fully saturated rings. The second-order valence-corrected chi connectivity index (χ2v) is 4.23. The van der Waals surface area contributed by atoms with Crippen molar-refractivity contribution in [1.82, 2.24) is 5.32 Å². The summed E-state index contributed by atoms with van der Waals surface area (Å²) < 4.78 is 0. The SMILES string of the molecule is CC[C@]1(N)NC(=O)[C@@]2(C#N)[C@H]1C2(C#N)C#N. The minimum atomic E-state index is -1.59. The van der Waals surface area contributed by atoms with E-state index >= 15 is 0 Å². The van der Waals surface area contributed by atoms with Gasteiger partial charge in [0, 0.05) is 0 Å². The molecule has 80 valence electrons. The molecule has 1 aliphatic carbocycles. The van der Waals surface area contributed by atoms with Gasteiger partial charge >= 0.3 is 0 Å². The average molecular weight is 215 g/mol. The molecule has 0 unspecified atom stereocenters. The third-order valence-corrected chi connectivity index (χ3v) is 3.74. The van der Waals surface area contributed by atoms with Crippen LogP contribution in [0.2, 0.25) is 0 Å². The van der Waals surface area contributed by atoms with Gasteiger partial charge in [0.05, 0.1) is 29.8 Å². The smallest absolute Gasteiger partial charge is 0.245 e. The Hall–Kier alpha value is -2.10. The summed E-state index contributed by atoms with van der Waals surface area (Å²) in [6.07, 6.45) is 0.373. The minimum absolute atomic E-state index is 0.373. The average Bonchev–Trinajstić information content (AvgIpc) is 2.85. The van der Waals surface area contributed by atoms with Crippen molar-refractivity contribution < 1.29 is 4.79 Å². The van der Waals surface area contributed by atoms with Crippen LogP contribution in [0.15, 0.2) is 0 Å². The molecular weight excluding hydrogens is 206 g/mol. The van der Waals surface area contributed by atoms with Gasteiger partial charge in [0.25, 0.3) is 0 Å². The standard InChI is InChI=1S/C10H9N5O/c1-2-10(14)6-8(3-11,4-12)9(6,5-13)7(16)15-10/h6H,2,14H2,1H3,(H,15,16)/t6-,9-,10+/m1/s1. The summed E-state index contributed by atoms with van der Waals surface area (Å²) in [7, 11) is 0. The fraction of sp³-hybridized carbons (Fsp3) is 0.600. The topological polar surface area (TPSA) is 126 Å². The first-order valence-corrected chi connectivity index (χ1v) is 4.84. The van der Waals surface area contributed by atoms with Gasteiger partial charge in [-0.3, -0.25) is 4.79 Å². The lowest BCUT2D eigenvalue weighted by Gasteiger charge is -2.26. The summed E-state index contributed by atoms with van der Waals surface area (Å²) in [5.41, 5.74) is 1.64. The van der Waals surface area contributed by atoms with E-state index in [1.807, 2.05) is 6.07 Å². The van der Waals surface area contributed by atoms with E-state index in [2.05, 4.69) is 5.32 Å². The van der Waals surface area contributed by atoms with Gasteiger partial charge in [-0.25, -0.2) is 0 Å². The van der Waals surface area contributed by atoms with Crippen LogP contribution in [0.25, 0.3) is 0 Å². The zero-order valence-electron chi connectivity index (χ0n) is 8.61. The number of nitriles is 3. The van der Waals surface area contributed by atoms with Crippen molar-refractivity contribution in [3.05, 3.63) is 0 Å². The van der Waals surface area contributed by atoms with Crippen LogP contribution >= 0.6 is 0 Å². The molecule has 0 spiro atoms. The normalized spacial score (nSPS) is 42.2. The van der Waals surface area contributed by atoms with Crippen molar-refractivity contribution in [3.8, 4) is 18.2 Å². The maximum Gasteiger partial charge on any atom is 0.245 e.